The van der Waals surface area contributed by atoms with E-state index in [-0.39, 0.29) is 0 Å². The zero-order chi connectivity index (χ0) is 11.2. The molecule has 2 heteroatoms. The summed E-state index contributed by atoms with van der Waals surface area (Å²) >= 11 is 0. The van der Waals surface area contributed by atoms with Crippen LogP contribution in [0.15, 0.2) is 61.4 Å². The first kappa shape index (κ1) is 10.3. The average molecular weight is 211 g/mol. The first-order valence-corrected chi connectivity index (χ1v) is 4.91. The summed E-state index contributed by atoms with van der Waals surface area (Å²) in [6.07, 6.45) is 1.37. The molecule has 0 aromatic heterocycles. The Bertz CT molecular complexity index is 463. The van der Waals surface area contributed by atoms with Crippen LogP contribution < -0.4 is 9.47 Å². The minimum atomic E-state index is 0.634. The largest absolute Gasteiger partial charge is 0.462 e. The molecule has 0 spiro atoms. The summed E-state index contributed by atoms with van der Waals surface area (Å²) in [5.41, 5.74) is 0. The lowest BCUT2D eigenvalue weighted by Crippen LogP contribution is -1.88. The predicted molar refractivity (Wildman–Crippen MR) is 62.6 cm³/mol. The molecule has 2 nitrogen and oxygen atoms in total. The highest BCUT2D eigenvalue weighted by atomic mass is 16.5. The molecule has 2 aromatic rings. The fourth-order valence-corrected chi connectivity index (χ4v) is 1.28. The van der Waals surface area contributed by atoms with Gasteiger partial charge in [0.05, 0.1) is 6.26 Å². The molecule has 0 aliphatic carbocycles. The van der Waals surface area contributed by atoms with E-state index in [1.165, 1.54) is 6.26 Å². The number of hydrogen-bond donors (Lipinski definition) is 0. The van der Waals surface area contributed by atoms with Crippen LogP contribution in [-0.2, 0) is 0 Å². The molecule has 1 radical (unpaired) electrons. The molecule has 16 heavy (non-hydrogen) atoms. The molecule has 2 rings (SSSR count). The van der Waals surface area contributed by atoms with Gasteiger partial charge in [-0.2, -0.15) is 0 Å². The lowest BCUT2D eigenvalue weighted by molar-refractivity contribution is 0.418. The molecule has 0 N–H and O–H groups in total. The van der Waals surface area contributed by atoms with Crippen molar-refractivity contribution in [3.8, 4) is 17.2 Å². The van der Waals surface area contributed by atoms with Crippen molar-refractivity contribution in [1.82, 2.24) is 0 Å². The fraction of sp³-hybridized carbons (Fsp3) is 0. The zero-order valence-electron chi connectivity index (χ0n) is 8.72. The van der Waals surface area contributed by atoms with Crippen molar-refractivity contribution >= 4 is 0 Å². The van der Waals surface area contributed by atoms with Gasteiger partial charge < -0.3 is 9.47 Å². The van der Waals surface area contributed by atoms with Crippen LogP contribution in [0.3, 0.4) is 0 Å². The molecule has 0 unspecified atom stereocenters. The van der Waals surface area contributed by atoms with Crippen LogP contribution in [0.5, 0.6) is 17.2 Å². The molecule has 0 aliphatic rings. The Morgan fingerprint density at radius 3 is 2.44 bits per heavy atom. The Balaban J connectivity index is 2.24. The number of hydrogen-bond acceptors (Lipinski definition) is 2. The van der Waals surface area contributed by atoms with E-state index in [0.29, 0.717) is 17.2 Å². The van der Waals surface area contributed by atoms with Crippen LogP contribution in [0.1, 0.15) is 0 Å². The molecule has 0 amide bonds. The molecule has 2 aromatic carbocycles. The summed E-state index contributed by atoms with van der Waals surface area (Å²) in [5.74, 6) is 1.93. The minimum absolute atomic E-state index is 0.634. The molecule has 0 saturated carbocycles. The van der Waals surface area contributed by atoms with Gasteiger partial charge in [-0.1, -0.05) is 36.9 Å². The Morgan fingerprint density at radius 1 is 1.00 bits per heavy atom. The summed E-state index contributed by atoms with van der Waals surface area (Å²) < 4.78 is 10.9. The highest BCUT2D eigenvalue weighted by molar-refractivity contribution is 5.42. The van der Waals surface area contributed by atoms with E-state index in [0.717, 1.165) is 0 Å². The number of rotatable bonds is 4. The summed E-state index contributed by atoms with van der Waals surface area (Å²) in [6.45, 7) is 3.52. The van der Waals surface area contributed by atoms with E-state index in [2.05, 4.69) is 12.6 Å². The lowest BCUT2D eigenvalue weighted by Gasteiger charge is -2.09. The van der Waals surface area contributed by atoms with E-state index < -0.39 is 0 Å². The highest BCUT2D eigenvalue weighted by Crippen LogP contribution is 2.30. The van der Waals surface area contributed by atoms with Crippen molar-refractivity contribution in [3.05, 3.63) is 67.4 Å². The summed E-state index contributed by atoms with van der Waals surface area (Å²) in [4.78, 5) is 0. The van der Waals surface area contributed by atoms with Gasteiger partial charge in [0.15, 0.2) is 11.5 Å². The summed E-state index contributed by atoms with van der Waals surface area (Å²) in [5, 5.41) is 0. The number of benzene rings is 2. The Hall–Kier alpha value is -2.22. The van der Waals surface area contributed by atoms with Gasteiger partial charge in [-0.25, -0.2) is 0 Å². The van der Waals surface area contributed by atoms with Crippen molar-refractivity contribution in [2.45, 2.75) is 0 Å². The maximum absolute atomic E-state index is 5.63. The standard InChI is InChI=1S/C14H11O2/c1-2-15-13-10-6-7-11-14(13)16-12-8-4-3-5-9-12/h2-8,10-11H,1H2. The van der Waals surface area contributed by atoms with E-state index in [9.17, 15) is 0 Å². The van der Waals surface area contributed by atoms with Gasteiger partial charge in [0.2, 0.25) is 0 Å². The fourth-order valence-electron chi connectivity index (χ4n) is 1.28. The SMILES string of the molecule is C=COc1ccccc1Oc1[c]cccc1. The van der Waals surface area contributed by atoms with Gasteiger partial charge in [-0.3, -0.25) is 0 Å². The smallest absolute Gasteiger partial charge is 0.169 e. The molecule has 0 saturated heterocycles. The van der Waals surface area contributed by atoms with E-state index in [1.54, 1.807) is 6.07 Å². The van der Waals surface area contributed by atoms with Crippen LogP contribution in [0.4, 0.5) is 0 Å². The third-order valence-electron chi connectivity index (χ3n) is 1.96. The van der Waals surface area contributed by atoms with E-state index >= 15 is 0 Å². The van der Waals surface area contributed by atoms with Gasteiger partial charge in [0.25, 0.3) is 0 Å². The first-order chi connectivity index (χ1) is 7.90. The van der Waals surface area contributed by atoms with E-state index in [4.69, 9.17) is 9.47 Å². The van der Waals surface area contributed by atoms with Crippen molar-refractivity contribution in [2.75, 3.05) is 0 Å². The summed E-state index contributed by atoms with van der Waals surface area (Å²) in [7, 11) is 0. The van der Waals surface area contributed by atoms with Gasteiger partial charge >= 0.3 is 0 Å². The molecule has 0 heterocycles. The summed E-state index contributed by atoms with van der Waals surface area (Å²) in [6, 6.07) is 17.8. The van der Waals surface area contributed by atoms with E-state index in [1.807, 2.05) is 42.5 Å². The van der Waals surface area contributed by atoms with Crippen molar-refractivity contribution in [2.24, 2.45) is 0 Å². The topological polar surface area (TPSA) is 18.5 Å². The van der Waals surface area contributed by atoms with Crippen LogP contribution in [0.2, 0.25) is 0 Å². The average Bonchev–Trinajstić information content (AvgIpc) is 2.33. The second-order valence-corrected chi connectivity index (χ2v) is 3.06. The molecule has 0 fully saturated rings. The maximum Gasteiger partial charge on any atom is 0.169 e. The van der Waals surface area contributed by atoms with Gasteiger partial charge in [0.1, 0.15) is 5.75 Å². The highest BCUT2D eigenvalue weighted by Gasteiger charge is 2.03. The third-order valence-corrected chi connectivity index (χ3v) is 1.96. The molecule has 79 valence electrons. The molecule has 0 bridgehead atoms. The minimum Gasteiger partial charge on any atom is -0.462 e. The molecular formula is C14H11O2. The van der Waals surface area contributed by atoms with Crippen LogP contribution in [0.25, 0.3) is 0 Å². The van der Waals surface area contributed by atoms with Crippen LogP contribution >= 0.6 is 0 Å². The van der Waals surface area contributed by atoms with Crippen LogP contribution in [-0.4, -0.2) is 0 Å². The quantitative estimate of drug-likeness (QED) is 0.716. The maximum atomic E-state index is 5.63. The third kappa shape index (κ3) is 2.42. The normalized spacial score (nSPS) is 9.50. The van der Waals surface area contributed by atoms with Crippen molar-refractivity contribution in [3.63, 3.8) is 0 Å². The van der Waals surface area contributed by atoms with Crippen molar-refractivity contribution in [1.29, 1.82) is 0 Å². The van der Waals surface area contributed by atoms with Crippen molar-refractivity contribution < 1.29 is 9.47 Å². The number of para-hydroxylation sites is 3. The molecule has 0 atom stereocenters. The predicted octanol–water partition coefficient (Wildman–Crippen LogP) is 3.80. The van der Waals surface area contributed by atoms with Gasteiger partial charge in [0, 0.05) is 6.07 Å². The zero-order valence-corrected chi connectivity index (χ0v) is 8.72. The van der Waals surface area contributed by atoms with Crippen LogP contribution in [0, 0.1) is 6.07 Å². The lowest BCUT2D eigenvalue weighted by atomic mass is 10.3. The van der Waals surface area contributed by atoms with Gasteiger partial charge in [-0.05, 0) is 18.2 Å². The monoisotopic (exact) mass is 211 g/mol. The first-order valence-electron chi connectivity index (χ1n) is 4.91. The second-order valence-electron chi connectivity index (χ2n) is 3.06. The Kier molecular flexibility index (Phi) is 3.24. The molecule has 0 aliphatic heterocycles. The Labute approximate surface area is 94.8 Å². The second kappa shape index (κ2) is 5.03. The Morgan fingerprint density at radius 2 is 1.75 bits per heavy atom. The number of ether oxygens (including phenoxy) is 2. The van der Waals surface area contributed by atoms with Gasteiger partial charge in [-0.15, -0.1) is 0 Å². The molecular weight excluding hydrogens is 200 g/mol.